The van der Waals surface area contributed by atoms with E-state index < -0.39 is 17.9 Å². The van der Waals surface area contributed by atoms with Gasteiger partial charge < -0.3 is 10.0 Å². The van der Waals surface area contributed by atoms with Gasteiger partial charge in [-0.25, -0.2) is 0 Å². The van der Waals surface area contributed by atoms with Crippen LogP contribution >= 0.6 is 15.9 Å². The molecule has 1 N–H and O–H groups in total. The standard InChI is InChI=1S/C14H15BrF3NO/c1-9(20)12-3-2-11(8-13(12)15)19-6-4-10(5-7-19)14(16,17)18/h2-4,8-9,20H,5-7H2,1H3. The molecule has 20 heavy (non-hydrogen) atoms. The van der Waals surface area contributed by atoms with Gasteiger partial charge in [-0.3, -0.25) is 0 Å². The fourth-order valence-corrected chi connectivity index (χ4v) is 2.91. The number of halogens is 4. The van der Waals surface area contributed by atoms with Gasteiger partial charge in [0.1, 0.15) is 0 Å². The van der Waals surface area contributed by atoms with Crippen LogP contribution in [-0.2, 0) is 0 Å². The summed E-state index contributed by atoms with van der Waals surface area (Å²) in [7, 11) is 0. The molecule has 0 aliphatic carbocycles. The van der Waals surface area contributed by atoms with Crippen molar-refractivity contribution in [1.29, 1.82) is 0 Å². The lowest BCUT2D eigenvalue weighted by molar-refractivity contribution is -0.0943. The molecule has 1 heterocycles. The first-order valence-electron chi connectivity index (χ1n) is 6.27. The molecule has 0 radical (unpaired) electrons. The number of rotatable bonds is 2. The molecule has 1 aromatic carbocycles. The van der Waals surface area contributed by atoms with Crippen LogP contribution in [0.2, 0.25) is 0 Å². The number of benzene rings is 1. The van der Waals surface area contributed by atoms with Crippen molar-refractivity contribution < 1.29 is 18.3 Å². The van der Waals surface area contributed by atoms with E-state index in [0.29, 0.717) is 6.54 Å². The molecule has 110 valence electrons. The Kier molecular flexibility index (Phi) is 4.44. The summed E-state index contributed by atoms with van der Waals surface area (Å²) >= 11 is 3.38. The summed E-state index contributed by atoms with van der Waals surface area (Å²) in [4.78, 5) is 1.88. The summed E-state index contributed by atoms with van der Waals surface area (Å²) in [6.45, 7) is 2.25. The Labute approximate surface area is 124 Å². The molecule has 0 bridgehead atoms. The van der Waals surface area contributed by atoms with Crippen LogP contribution in [0.4, 0.5) is 18.9 Å². The van der Waals surface area contributed by atoms with E-state index in [-0.39, 0.29) is 13.0 Å². The summed E-state index contributed by atoms with van der Waals surface area (Å²) in [5.74, 6) is 0. The van der Waals surface area contributed by atoms with E-state index in [1.54, 1.807) is 13.0 Å². The highest BCUT2D eigenvalue weighted by Crippen LogP contribution is 2.33. The van der Waals surface area contributed by atoms with Crippen molar-refractivity contribution in [2.75, 3.05) is 18.0 Å². The first-order chi connectivity index (χ1) is 9.29. The third-order valence-corrected chi connectivity index (χ3v) is 4.06. The Balaban J connectivity index is 2.15. The van der Waals surface area contributed by atoms with Gasteiger partial charge in [0.15, 0.2) is 0 Å². The normalized spacial score (nSPS) is 17.9. The van der Waals surface area contributed by atoms with E-state index in [4.69, 9.17) is 0 Å². The van der Waals surface area contributed by atoms with Crippen LogP contribution in [0.1, 0.15) is 25.0 Å². The maximum Gasteiger partial charge on any atom is 0.412 e. The molecule has 1 aromatic rings. The molecule has 0 amide bonds. The van der Waals surface area contributed by atoms with Gasteiger partial charge in [-0.1, -0.05) is 28.1 Å². The zero-order valence-corrected chi connectivity index (χ0v) is 12.5. The molecule has 0 aromatic heterocycles. The molecule has 2 nitrogen and oxygen atoms in total. The summed E-state index contributed by atoms with van der Waals surface area (Å²) in [5, 5.41) is 9.55. The summed E-state index contributed by atoms with van der Waals surface area (Å²) in [6.07, 6.45) is -3.57. The highest BCUT2D eigenvalue weighted by Gasteiger charge is 2.34. The third kappa shape index (κ3) is 3.35. The van der Waals surface area contributed by atoms with Gasteiger partial charge in [0.05, 0.1) is 6.10 Å². The molecule has 6 heteroatoms. The lowest BCUT2D eigenvalue weighted by atomic mass is 10.1. The van der Waals surface area contributed by atoms with Crippen LogP contribution in [0.25, 0.3) is 0 Å². The minimum absolute atomic E-state index is 0.000721. The van der Waals surface area contributed by atoms with Crippen LogP contribution in [0.5, 0.6) is 0 Å². The molecule has 1 unspecified atom stereocenters. The van der Waals surface area contributed by atoms with Crippen molar-refractivity contribution in [3.05, 3.63) is 39.9 Å². The molecule has 1 aliphatic rings. The third-order valence-electron chi connectivity index (χ3n) is 3.37. The van der Waals surface area contributed by atoms with Gasteiger partial charge >= 0.3 is 6.18 Å². The predicted octanol–water partition coefficient (Wildman–Crippen LogP) is 4.20. The number of aliphatic hydroxyl groups excluding tert-OH is 1. The van der Waals surface area contributed by atoms with E-state index in [9.17, 15) is 18.3 Å². The summed E-state index contributed by atoms with van der Waals surface area (Å²) in [5.41, 5.74) is 1.16. The molecular formula is C14H15BrF3NO. The fourth-order valence-electron chi connectivity index (χ4n) is 2.21. The van der Waals surface area contributed by atoms with Gasteiger partial charge in [0, 0.05) is 28.8 Å². The van der Waals surface area contributed by atoms with Crippen molar-refractivity contribution in [2.24, 2.45) is 0 Å². The number of hydrogen-bond donors (Lipinski definition) is 1. The highest BCUT2D eigenvalue weighted by molar-refractivity contribution is 9.10. The van der Waals surface area contributed by atoms with Crippen LogP contribution in [-0.4, -0.2) is 24.4 Å². The van der Waals surface area contributed by atoms with E-state index in [1.165, 1.54) is 6.08 Å². The van der Waals surface area contributed by atoms with E-state index in [2.05, 4.69) is 15.9 Å². The van der Waals surface area contributed by atoms with E-state index in [1.807, 2.05) is 17.0 Å². The minimum atomic E-state index is -4.22. The molecule has 2 rings (SSSR count). The molecular weight excluding hydrogens is 335 g/mol. The second kappa shape index (κ2) is 5.77. The number of aliphatic hydroxyl groups is 1. The van der Waals surface area contributed by atoms with Crippen molar-refractivity contribution in [3.63, 3.8) is 0 Å². The topological polar surface area (TPSA) is 23.5 Å². The van der Waals surface area contributed by atoms with Gasteiger partial charge in [0.2, 0.25) is 0 Å². The maximum absolute atomic E-state index is 12.6. The van der Waals surface area contributed by atoms with Gasteiger partial charge in [0.25, 0.3) is 0 Å². The zero-order valence-electron chi connectivity index (χ0n) is 10.9. The Morgan fingerprint density at radius 3 is 2.50 bits per heavy atom. The molecule has 0 saturated heterocycles. The van der Waals surface area contributed by atoms with Crippen LogP contribution in [0, 0.1) is 0 Å². The van der Waals surface area contributed by atoms with Gasteiger partial charge in [-0.05, 0) is 31.0 Å². The van der Waals surface area contributed by atoms with Crippen LogP contribution < -0.4 is 4.90 Å². The largest absolute Gasteiger partial charge is 0.412 e. The second-order valence-electron chi connectivity index (χ2n) is 4.80. The minimum Gasteiger partial charge on any atom is -0.389 e. The summed E-state index contributed by atoms with van der Waals surface area (Å²) in [6, 6.07) is 5.43. The Hall–Kier alpha value is -1.01. The van der Waals surface area contributed by atoms with E-state index >= 15 is 0 Å². The van der Waals surface area contributed by atoms with Gasteiger partial charge in [-0.15, -0.1) is 0 Å². The Morgan fingerprint density at radius 1 is 1.35 bits per heavy atom. The van der Waals surface area contributed by atoms with Crippen molar-refractivity contribution in [2.45, 2.75) is 25.6 Å². The van der Waals surface area contributed by atoms with Gasteiger partial charge in [-0.2, -0.15) is 13.2 Å². The average molecular weight is 350 g/mol. The lowest BCUT2D eigenvalue weighted by Gasteiger charge is -2.29. The SMILES string of the molecule is CC(O)c1ccc(N2CC=C(C(F)(F)F)CC2)cc1Br. The molecule has 1 aliphatic heterocycles. The number of alkyl halides is 3. The van der Waals surface area contributed by atoms with Crippen LogP contribution in [0.15, 0.2) is 34.3 Å². The predicted molar refractivity (Wildman–Crippen MR) is 75.7 cm³/mol. The smallest absolute Gasteiger partial charge is 0.389 e. The average Bonchev–Trinajstić information content (AvgIpc) is 2.37. The quantitative estimate of drug-likeness (QED) is 0.808. The summed E-state index contributed by atoms with van der Waals surface area (Å²) < 4.78 is 38.4. The first-order valence-corrected chi connectivity index (χ1v) is 7.07. The molecule has 0 fully saturated rings. The molecule has 1 atom stereocenters. The lowest BCUT2D eigenvalue weighted by Crippen LogP contribution is -2.31. The van der Waals surface area contributed by atoms with E-state index in [0.717, 1.165) is 15.7 Å². The maximum atomic E-state index is 12.6. The van der Waals surface area contributed by atoms with Crippen molar-refractivity contribution in [1.82, 2.24) is 0 Å². The zero-order chi connectivity index (χ0) is 14.9. The second-order valence-corrected chi connectivity index (χ2v) is 5.66. The Morgan fingerprint density at radius 2 is 2.05 bits per heavy atom. The first kappa shape index (κ1) is 15.4. The number of anilines is 1. The highest BCUT2D eigenvalue weighted by atomic mass is 79.9. The number of hydrogen-bond acceptors (Lipinski definition) is 2. The molecule has 0 spiro atoms. The van der Waals surface area contributed by atoms with Crippen molar-refractivity contribution >= 4 is 21.6 Å². The fraction of sp³-hybridized carbons (Fsp3) is 0.429. The number of nitrogens with zero attached hydrogens (tertiary/aromatic N) is 1. The molecule has 0 saturated carbocycles. The monoisotopic (exact) mass is 349 g/mol. The van der Waals surface area contributed by atoms with Crippen LogP contribution in [0.3, 0.4) is 0 Å². The Bertz CT molecular complexity index is 526. The van der Waals surface area contributed by atoms with Crippen molar-refractivity contribution in [3.8, 4) is 0 Å².